The molecule has 2 fully saturated rings. The highest BCUT2D eigenvalue weighted by Crippen LogP contribution is 2.60. The molecule has 0 spiro atoms. The van der Waals surface area contributed by atoms with Gasteiger partial charge in [-0.1, -0.05) is 37.8 Å². The molecule has 3 aliphatic carbocycles. The summed E-state index contributed by atoms with van der Waals surface area (Å²) in [5.74, 6) is 0. The first-order valence-corrected chi connectivity index (χ1v) is 14.8. The van der Waals surface area contributed by atoms with Gasteiger partial charge < -0.3 is 8.83 Å². The van der Waals surface area contributed by atoms with E-state index in [9.17, 15) is 0 Å². The van der Waals surface area contributed by atoms with E-state index in [1.807, 2.05) is 12.1 Å². The SMILES string of the molecule is CC(C1=C(P(c2ccco2)c2ccco2)CC=C1)N(C)P(C1CCCC1)C1CCCC1. The predicted octanol–water partition coefficient (Wildman–Crippen LogP) is 7.12. The van der Waals surface area contributed by atoms with Crippen molar-refractivity contribution in [2.45, 2.75) is 82.1 Å². The van der Waals surface area contributed by atoms with Gasteiger partial charge in [0.05, 0.1) is 20.4 Å². The molecule has 2 aromatic heterocycles. The molecule has 0 saturated heterocycles. The highest BCUT2D eigenvalue weighted by Gasteiger charge is 2.39. The van der Waals surface area contributed by atoms with Crippen LogP contribution in [0.3, 0.4) is 0 Å². The lowest BCUT2D eigenvalue weighted by molar-refractivity contribution is 0.463. The van der Waals surface area contributed by atoms with E-state index in [-0.39, 0.29) is 8.07 Å². The Labute approximate surface area is 189 Å². The number of hydrogen-bond donors (Lipinski definition) is 0. The van der Waals surface area contributed by atoms with Crippen LogP contribution in [0.5, 0.6) is 0 Å². The van der Waals surface area contributed by atoms with Crippen LogP contribution in [-0.4, -0.2) is 29.1 Å². The summed E-state index contributed by atoms with van der Waals surface area (Å²) in [7, 11) is 1.60. The number of furan rings is 2. The third-order valence-corrected chi connectivity index (χ3v) is 13.4. The van der Waals surface area contributed by atoms with Gasteiger partial charge in [-0.2, -0.15) is 0 Å². The van der Waals surface area contributed by atoms with E-state index in [0.717, 1.165) is 28.7 Å². The van der Waals surface area contributed by atoms with Crippen LogP contribution in [0.1, 0.15) is 64.7 Å². The molecule has 1 unspecified atom stereocenters. The minimum absolute atomic E-state index is 0.0824. The van der Waals surface area contributed by atoms with Gasteiger partial charge in [-0.25, -0.2) is 0 Å². The molecule has 1 atom stereocenters. The van der Waals surface area contributed by atoms with Crippen LogP contribution in [0.4, 0.5) is 0 Å². The van der Waals surface area contributed by atoms with E-state index in [1.54, 1.807) is 12.5 Å². The molecule has 5 heteroatoms. The van der Waals surface area contributed by atoms with Gasteiger partial charge in [0.15, 0.2) is 0 Å². The first-order valence-electron chi connectivity index (χ1n) is 12.0. The molecule has 2 heterocycles. The van der Waals surface area contributed by atoms with Crippen molar-refractivity contribution < 1.29 is 8.83 Å². The standard InChI is InChI=1S/C26H35NO2P2/c1-20(27(2)31(21-10-3-4-11-21)22-12-5-6-13-22)23-14-7-15-24(23)30(25-16-8-18-28-25)26-17-9-19-29-26/h7-9,14,16-22H,3-6,10-13,15H2,1-2H3. The fourth-order valence-corrected chi connectivity index (χ4v) is 12.1. The second-order valence-electron chi connectivity index (χ2n) is 9.25. The maximum atomic E-state index is 5.93. The molecule has 0 bridgehead atoms. The average Bonchev–Trinajstić information content (AvgIpc) is 3.61. The lowest BCUT2D eigenvalue weighted by Gasteiger charge is -2.41. The highest BCUT2D eigenvalue weighted by atomic mass is 31.1. The van der Waals surface area contributed by atoms with Crippen LogP contribution in [-0.2, 0) is 0 Å². The first-order chi connectivity index (χ1) is 15.2. The number of rotatable bonds is 8. The molecule has 166 valence electrons. The number of nitrogens with zero attached hydrogens (tertiary/aromatic N) is 1. The van der Waals surface area contributed by atoms with Crippen molar-refractivity contribution in [3.63, 3.8) is 0 Å². The molecule has 2 saturated carbocycles. The Morgan fingerprint density at radius 2 is 1.45 bits per heavy atom. The molecule has 3 nitrogen and oxygen atoms in total. The van der Waals surface area contributed by atoms with E-state index >= 15 is 0 Å². The van der Waals surface area contributed by atoms with Crippen molar-refractivity contribution in [2.24, 2.45) is 0 Å². The molecule has 0 aromatic carbocycles. The van der Waals surface area contributed by atoms with Crippen molar-refractivity contribution in [3.05, 3.63) is 59.8 Å². The summed E-state index contributed by atoms with van der Waals surface area (Å²) in [6.45, 7) is 2.45. The third kappa shape index (κ3) is 4.39. The number of allylic oxidation sites excluding steroid dienone is 2. The van der Waals surface area contributed by atoms with Gasteiger partial charge in [-0.15, -0.1) is 0 Å². The van der Waals surface area contributed by atoms with Crippen molar-refractivity contribution >= 4 is 27.0 Å². The lowest BCUT2D eigenvalue weighted by atomic mass is 10.1. The van der Waals surface area contributed by atoms with Crippen molar-refractivity contribution in [2.75, 3.05) is 7.05 Å². The summed E-state index contributed by atoms with van der Waals surface area (Å²) in [6.07, 6.45) is 20.9. The van der Waals surface area contributed by atoms with Gasteiger partial charge in [-0.3, -0.25) is 4.67 Å². The summed E-state index contributed by atoms with van der Waals surface area (Å²) < 4.78 is 14.7. The quantitative estimate of drug-likeness (QED) is 0.397. The van der Waals surface area contributed by atoms with Crippen molar-refractivity contribution in [3.8, 4) is 0 Å². The molecular weight excluding hydrogens is 420 g/mol. The summed E-state index contributed by atoms with van der Waals surface area (Å²) in [5, 5.41) is 1.51. The van der Waals surface area contributed by atoms with Crippen LogP contribution in [0.15, 0.2) is 68.7 Å². The van der Waals surface area contributed by atoms with Crippen LogP contribution >= 0.6 is 16.0 Å². The molecule has 0 amide bonds. The largest absolute Gasteiger partial charge is 0.464 e. The van der Waals surface area contributed by atoms with E-state index < -0.39 is 7.92 Å². The third-order valence-electron chi connectivity index (χ3n) is 7.44. The Bertz CT molecular complexity index is 840. The van der Waals surface area contributed by atoms with Crippen LogP contribution in [0, 0.1) is 0 Å². The predicted molar refractivity (Wildman–Crippen MR) is 133 cm³/mol. The Hall–Kier alpha value is -1.14. The average molecular weight is 456 g/mol. The normalized spacial score (nSPS) is 21.6. The zero-order valence-corrected chi connectivity index (χ0v) is 20.7. The van der Waals surface area contributed by atoms with Gasteiger partial charge in [-0.05, 0) is 101 Å². The Morgan fingerprint density at radius 3 is 1.94 bits per heavy atom. The topological polar surface area (TPSA) is 29.5 Å². The minimum Gasteiger partial charge on any atom is -0.464 e. The molecule has 31 heavy (non-hydrogen) atoms. The number of hydrogen-bond acceptors (Lipinski definition) is 3. The molecule has 3 aliphatic rings. The maximum absolute atomic E-state index is 5.93. The minimum atomic E-state index is -0.750. The van der Waals surface area contributed by atoms with Gasteiger partial charge in [0.2, 0.25) is 0 Å². The monoisotopic (exact) mass is 455 g/mol. The lowest BCUT2D eigenvalue weighted by Crippen LogP contribution is -2.32. The van der Waals surface area contributed by atoms with Crippen molar-refractivity contribution in [1.29, 1.82) is 0 Å². The maximum Gasteiger partial charge on any atom is 0.137 e. The Kier molecular flexibility index (Phi) is 6.84. The fourth-order valence-electron chi connectivity index (χ4n) is 5.83. The Morgan fingerprint density at radius 1 is 0.903 bits per heavy atom. The van der Waals surface area contributed by atoms with Gasteiger partial charge >= 0.3 is 0 Å². The van der Waals surface area contributed by atoms with Crippen LogP contribution in [0.25, 0.3) is 0 Å². The number of likely N-dealkylation sites (N-methyl/N-ethyl adjacent to an activating group) is 1. The first kappa shape index (κ1) is 21.7. The van der Waals surface area contributed by atoms with Gasteiger partial charge in [0.1, 0.15) is 11.0 Å². The van der Waals surface area contributed by atoms with Gasteiger partial charge in [0.25, 0.3) is 0 Å². The molecule has 0 N–H and O–H groups in total. The van der Waals surface area contributed by atoms with Crippen LogP contribution in [0.2, 0.25) is 0 Å². The highest BCUT2D eigenvalue weighted by molar-refractivity contribution is 7.76. The van der Waals surface area contributed by atoms with E-state index in [1.165, 1.54) is 62.3 Å². The molecule has 0 radical (unpaired) electrons. The second-order valence-corrected chi connectivity index (χ2v) is 14.2. The molecule has 5 rings (SSSR count). The zero-order chi connectivity index (χ0) is 21.2. The van der Waals surface area contributed by atoms with E-state index in [0.29, 0.717) is 6.04 Å². The van der Waals surface area contributed by atoms with Crippen molar-refractivity contribution in [1.82, 2.24) is 4.67 Å². The molecule has 0 aliphatic heterocycles. The summed E-state index contributed by atoms with van der Waals surface area (Å²) in [5.41, 5.74) is 5.48. The Balaban J connectivity index is 1.47. The van der Waals surface area contributed by atoms with Gasteiger partial charge in [0, 0.05) is 6.04 Å². The summed E-state index contributed by atoms with van der Waals surface area (Å²) in [4.78, 5) is 0. The van der Waals surface area contributed by atoms with E-state index in [4.69, 9.17) is 8.83 Å². The summed E-state index contributed by atoms with van der Waals surface area (Å²) in [6, 6.07) is 8.69. The fraction of sp³-hybridized carbons (Fsp3) is 0.538. The smallest absolute Gasteiger partial charge is 0.137 e. The second kappa shape index (κ2) is 9.78. The molecule has 2 aromatic rings. The zero-order valence-electron chi connectivity index (χ0n) is 18.9. The van der Waals surface area contributed by atoms with E-state index in [2.05, 4.69) is 42.9 Å². The molecular formula is C26H35NO2P2. The summed E-state index contributed by atoms with van der Waals surface area (Å²) >= 11 is 0. The van der Waals surface area contributed by atoms with Crippen LogP contribution < -0.4 is 11.0 Å².